The van der Waals surface area contributed by atoms with E-state index < -0.39 is 0 Å². The van der Waals surface area contributed by atoms with E-state index in [1.54, 1.807) is 0 Å². The van der Waals surface area contributed by atoms with Crippen LogP contribution < -0.4 is 5.32 Å². The van der Waals surface area contributed by atoms with Gasteiger partial charge in [-0.3, -0.25) is 0 Å². The fourth-order valence-electron chi connectivity index (χ4n) is 1.08. The Kier molecular flexibility index (Phi) is 5.63. The van der Waals surface area contributed by atoms with E-state index in [9.17, 15) is 0 Å². The van der Waals surface area contributed by atoms with Crippen molar-refractivity contribution in [2.45, 2.75) is 33.1 Å². The summed E-state index contributed by atoms with van der Waals surface area (Å²) in [5.41, 5.74) is 2.82. The van der Waals surface area contributed by atoms with Crippen molar-refractivity contribution >= 4 is 0 Å². The first-order chi connectivity index (χ1) is 5.26. The van der Waals surface area contributed by atoms with Crippen molar-refractivity contribution in [3.05, 3.63) is 23.9 Å². The lowest BCUT2D eigenvalue weighted by Gasteiger charge is -2.08. The molecule has 0 rings (SSSR count). The van der Waals surface area contributed by atoms with E-state index >= 15 is 0 Å². The number of hydrogen-bond acceptors (Lipinski definition) is 1. The molecular formula is C10H19N. The van der Waals surface area contributed by atoms with Crippen LogP contribution in [0.1, 0.15) is 33.1 Å². The normalized spacial score (nSPS) is 12.3. The summed E-state index contributed by atoms with van der Waals surface area (Å²) in [4.78, 5) is 0. The van der Waals surface area contributed by atoms with Gasteiger partial charge in [0.1, 0.15) is 0 Å². The quantitative estimate of drug-likeness (QED) is 0.599. The largest absolute Gasteiger partial charge is 0.392 e. The predicted molar refractivity (Wildman–Crippen MR) is 51.5 cm³/mol. The van der Waals surface area contributed by atoms with E-state index in [1.165, 1.54) is 11.3 Å². The maximum atomic E-state index is 3.71. The van der Waals surface area contributed by atoms with Crippen LogP contribution in [0.15, 0.2) is 23.9 Å². The molecule has 0 saturated heterocycles. The summed E-state index contributed by atoms with van der Waals surface area (Å²) >= 11 is 0. The highest BCUT2D eigenvalue weighted by Gasteiger charge is 1.96. The molecule has 0 aromatic carbocycles. The topological polar surface area (TPSA) is 12.0 Å². The molecule has 0 aliphatic heterocycles. The van der Waals surface area contributed by atoms with Gasteiger partial charge in [-0.15, -0.1) is 6.58 Å². The lowest BCUT2D eigenvalue weighted by Crippen LogP contribution is -2.05. The van der Waals surface area contributed by atoms with Gasteiger partial charge in [-0.05, 0) is 26.2 Å². The average molecular weight is 153 g/mol. The van der Waals surface area contributed by atoms with Crippen LogP contribution in [-0.2, 0) is 0 Å². The Morgan fingerprint density at radius 2 is 2.18 bits per heavy atom. The van der Waals surface area contributed by atoms with Crippen molar-refractivity contribution < 1.29 is 0 Å². The van der Waals surface area contributed by atoms with Gasteiger partial charge in [0.05, 0.1) is 0 Å². The molecule has 0 aliphatic rings. The summed E-state index contributed by atoms with van der Waals surface area (Å²) in [5.74, 6) is 0. The van der Waals surface area contributed by atoms with Crippen molar-refractivity contribution in [1.82, 2.24) is 5.32 Å². The number of rotatable bonds is 5. The first-order valence-electron chi connectivity index (χ1n) is 4.23. The average Bonchev–Trinajstić information content (AvgIpc) is 2.05. The van der Waals surface area contributed by atoms with Gasteiger partial charge in [0.25, 0.3) is 0 Å². The van der Waals surface area contributed by atoms with E-state index in [-0.39, 0.29) is 0 Å². The molecule has 0 fully saturated rings. The van der Waals surface area contributed by atoms with E-state index in [1.807, 2.05) is 13.1 Å². The van der Waals surface area contributed by atoms with Crippen LogP contribution in [0.25, 0.3) is 0 Å². The molecule has 0 aromatic heterocycles. The van der Waals surface area contributed by atoms with Crippen LogP contribution >= 0.6 is 0 Å². The summed E-state index contributed by atoms with van der Waals surface area (Å²) in [6.07, 6.45) is 5.34. The minimum Gasteiger partial charge on any atom is -0.392 e. The molecule has 0 bridgehead atoms. The predicted octanol–water partition coefficient (Wildman–Crippen LogP) is 2.86. The van der Waals surface area contributed by atoms with Crippen LogP contribution in [0.5, 0.6) is 0 Å². The SMILES string of the molecule is C=CCC/C(CC)=C(\C)NC. The van der Waals surface area contributed by atoms with Crippen LogP contribution in [0.2, 0.25) is 0 Å². The summed E-state index contributed by atoms with van der Waals surface area (Å²) in [6.45, 7) is 8.03. The molecule has 0 spiro atoms. The molecule has 0 atom stereocenters. The molecular weight excluding hydrogens is 134 g/mol. The number of allylic oxidation sites excluding steroid dienone is 3. The molecule has 0 heterocycles. The zero-order chi connectivity index (χ0) is 8.69. The first kappa shape index (κ1) is 10.3. The third-order valence-corrected chi connectivity index (χ3v) is 1.98. The molecule has 1 heteroatoms. The monoisotopic (exact) mass is 153 g/mol. The van der Waals surface area contributed by atoms with Crippen molar-refractivity contribution in [2.24, 2.45) is 0 Å². The summed E-state index contributed by atoms with van der Waals surface area (Å²) < 4.78 is 0. The molecule has 64 valence electrons. The maximum Gasteiger partial charge on any atom is 0.00643 e. The zero-order valence-electron chi connectivity index (χ0n) is 7.91. The summed E-state index contributed by atoms with van der Waals surface area (Å²) in [5, 5.41) is 3.17. The highest BCUT2D eigenvalue weighted by molar-refractivity contribution is 5.10. The Bertz CT molecular complexity index is 145. The first-order valence-corrected chi connectivity index (χ1v) is 4.23. The standard InChI is InChI=1S/C10H19N/c1-5-7-8-10(6-2)9(3)11-4/h5,11H,1,6-8H2,2-4H3/b10-9+. The maximum absolute atomic E-state index is 3.71. The fourth-order valence-corrected chi connectivity index (χ4v) is 1.08. The molecule has 0 amide bonds. The van der Waals surface area contributed by atoms with Crippen LogP contribution in [0.3, 0.4) is 0 Å². The Morgan fingerprint density at radius 3 is 2.55 bits per heavy atom. The van der Waals surface area contributed by atoms with Crippen molar-refractivity contribution in [3.63, 3.8) is 0 Å². The Balaban J connectivity index is 4.02. The molecule has 0 unspecified atom stereocenters. The Labute approximate surface area is 70.2 Å². The summed E-state index contributed by atoms with van der Waals surface area (Å²) in [7, 11) is 1.97. The summed E-state index contributed by atoms with van der Waals surface area (Å²) in [6, 6.07) is 0. The van der Waals surface area contributed by atoms with Gasteiger partial charge in [0.15, 0.2) is 0 Å². The highest BCUT2D eigenvalue weighted by atomic mass is 14.8. The van der Waals surface area contributed by atoms with Gasteiger partial charge in [-0.1, -0.05) is 18.6 Å². The van der Waals surface area contributed by atoms with E-state index in [2.05, 4.69) is 25.7 Å². The molecule has 11 heavy (non-hydrogen) atoms. The second kappa shape index (κ2) is 6.02. The van der Waals surface area contributed by atoms with Gasteiger partial charge in [-0.25, -0.2) is 0 Å². The van der Waals surface area contributed by atoms with Gasteiger partial charge in [-0.2, -0.15) is 0 Å². The molecule has 0 aliphatic carbocycles. The van der Waals surface area contributed by atoms with Crippen molar-refractivity contribution in [1.29, 1.82) is 0 Å². The lowest BCUT2D eigenvalue weighted by atomic mass is 10.1. The van der Waals surface area contributed by atoms with Gasteiger partial charge < -0.3 is 5.32 Å². The molecule has 1 nitrogen and oxygen atoms in total. The van der Waals surface area contributed by atoms with Gasteiger partial charge in [0, 0.05) is 12.7 Å². The third kappa shape index (κ3) is 3.87. The lowest BCUT2D eigenvalue weighted by molar-refractivity contribution is 0.839. The van der Waals surface area contributed by atoms with Crippen LogP contribution in [0, 0.1) is 0 Å². The van der Waals surface area contributed by atoms with Crippen LogP contribution in [0.4, 0.5) is 0 Å². The zero-order valence-corrected chi connectivity index (χ0v) is 7.91. The van der Waals surface area contributed by atoms with Crippen molar-refractivity contribution in [3.8, 4) is 0 Å². The second-order valence-corrected chi connectivity index (χ2v) is 2.66. The minimum atomic E-state index is 1.09. The van der Waals surface area contributed by atoms with Gasteiger partial charge >= 0.3 is 0 Å². The molecule has 1 N–H and O–H groups in total. The fraction of sp³-hybridized carbons (Fsp3) is 0.600. The molecule has 0 radical (unpaired) electrons. The minimum absolute atomic E-state index is 1.09. The second-order valence-electron chi connectivity index (χ2n) is 2.66. The van der Waals surface area contributed by atoms with E-state index in [0.29, 0.717) is 0 Å². The Hall–Kier alpha value is -0.720. The van der Waals surface area contributed by atoms with E-state index in [4.69, 9.17) is 0 Å². The van der Waals surface area contributed by atoms with Crippen LogP contribution in [-0.4, -0.2) is 7.05 Å². The molecule has 0 aromatic rings. The van der Waals surface area contributed by atoms with Gasteiger partial charge in [0.2, 0.25) is 0 Å². The smallest absolute Gasteiger partial charge is 0.00643 e. The van der Waals surface area contributed by atoms with E-state index in [0.717, 1.165) is 19.3 Å². The third-order valence-electron chi connectivity index (χ3n) is 1.98. The molecule has 0 saturated carbocycles. The Morgan fingerprint density at radius 1 is 1.55 bits per heavy atom. The van der Waals surface area contributed by atoms with Crippen molar-refractivity contribution in [2.75, 3.05) is 7.05 Å². The number of nitrogens with one attached hydrogen (secondary N) is 1. The number of hydrogen-bond donors (Lipinski definition) is 1. The highest BCUT2D eigenvalue weighted by Crippen LogP contribution is 2.12.